The Kier molecular flexibility index (Phi) is 8.03. The fourth-order valence-electron chi connectivity index (χ4n) is 2.41. The third kappa shape index (κ3) is 7.73. The van der Waals surface area contributed by atoms with Crippen molar-refractivity contribution in [1.29, 1.82) is 0 Å². The van der Waals surface area contributed by atoms with Crippen LogP contribution in [-0.2, 0) is 37.1 Å². The molecule has 0 aliphatic heterocycles. The summed E-state index contributed by atoms with van der Waals surface area (Å²) in [6, 6.07) is 18.3. The maximum atomic E-state index is 11.9. The number of esters is 2. The number of hydrogen-bond donors (Lipinski definition) is 1. The molecule has 1 atom stereocenters. The molecule has 0 saturated carbocycles. The van der Waals surface area contributed by atoms with Crippen LogP contribution in [0.2, 0.25) is 0 Å². The second-order valence-corrected chi connectivity index (χ2v) is 6.07. The third-order valence-corrected chi connectivity index (χ3v) is 3.94. The highest BCUT2D eigenvalue weighted by Gasteiger charge is 2.23. The first-order chi connectivity index (χ1) is 13.0. The van der Waals surface area contributed by atoms with Crippen LogP contribution in [0.1, 0.15) is 30.4 Å². The van der Waals surface area contributed by atoms with E-state index in [1.807, 2.05) is 60.7 Å². The number of hydrogen-bond acceptors (Lipinski definition) is 5. The minimum Gasteiger partial charge on any atom is -0.481 e. The molecule has 0 fully saturated rings. The highest BCUT2D eigenvalue weighted by Crippen LogP contribution is 2.15. The van der Waals surface area contributed by atoms with Gasteiger partial charge in [-0.25, -0.2) is 0 Å². The molecule has 1 N–H and O–H groups in total. The zero-order chi connectivity index (χ0) is 19.5. The Morgan fingerprint density at radius 2 is 1.26 bits per heavy atom. The smallest absolute Gasteiger partial charge is 0.307 e. The van der Waals surface area contributed by atoms with Crippen molar-refractivity contribution in [3.8, 4) is 0 Å². The molecule has 0 bridgehead atoms. The van der Waals surface area contributed by atoms with E-state index in [4.69, 9.17) is 9.47 Å². The van der Waals surface area contributed by atoms with Gasteiger partial charge in [-0.1, -0.05) is 60.7 Å². The van der Waals surface area contributed by atoms with Crippen molar-refractivity contribution in [2.75, 3.05) is 0 Å². The van der Waals surface area contributed by atoms with Crippen molar-refractivity contribution >= 4 is 17.9 Å². The van der Waals surface area contributed by atoms with E-state index in [-0.39, 0.29) is 32.5 Å². The molecule has 2 aromatic rings. The van der Waals surface area contributed by atoms with E-state index >= 15 is 0 Å². The maximum Gasteiger partial charge on any atom is 0.307 e. The van der Waals surface area contributed by atoms with Crippen molar-refractivity contribution in [2.24, 2.45) is 5.92 Å². The highest BCUT2D eigenvalue weighted by atomic mass is 16.5. The Labute approximate surface area is 157 Å². The van der Waals surface area contributed by atoms with Gasteiger partial charge in [-0.2, -0.15) is 0 Å². The second kappa shape index (κ2) is 10.8. The van der Waals surface area contributed by atoms with E-state index in [0.717, 1.165) is 11.1 Å². The summed E-state index contributed by atoms with van der Waals surface area (Å²) in [6.07, 6.45) is -0.340. The zero-order valence-electron chi connectivity index (χ0n) is 14.9. The largest absolute Gasteiger partial charge is 0.481 e. The first-order valence-corrected chi connectivity index (χ1v) is 8.66. The van der Waals surface area contributed by atoms with Gasteiger partial charge in [0, 0.05) is 6.42 Å². The van der Waals surface area contributed by atoms with Gasteiger partial charge in [-0.15, -0.1) is 0 Å². The summed E-state index contributed by atoms with van der Waals surface area (Å²) in [5.74, 6) is -3.23. The highest BCUT2D eigenvalue weighted by molar-refractivity contribution is 5.79. The maximum absolute atomic E-state index is 11.9. The molecule has 0 aliphatic rings. The average Bonchev–Trinajstić information content (AvgIpc) is 2.69. The second-order valence-electron chi connectivity index (χ2n) is 6.07. The van der Waals surface area contributed by atoms with Gasteiger partial charge in [-0.05, 0) is 17.5 Å². The van der Waals surface area contributed by atoms with Crippen molar-refractivity contribution in [2.45, 2.75) is 32.5 Å². The number of aliphatic carboxylic acids is 1. The van der Waals surface area contributed by atoms with Crippen molar-refractivity contribution in [1.82, 2.24) is 0 Å². The van der Waals surface area contributed by atoms with Crippen LogP contribution in [0.25, 0.3) is 0 Å². The number of carboxylic acid groups (broad SMARTS) is 1. The molecule has 27 heavy (non-hydrogen) atoms. The molecule has 0 saturated heterocycles. The van der Waals surface area contributed by atoms with Crippen LogP contribution in [-0.4, -0.2) is 23.0 Å². The molecule has 0 aromatic heterocycles. The minimum atomic E-state index is -1.14. The normalized spacial score (nSPS) is 11.4. The Morgan fingerprint density at radius 1 is 0.778 bits per heavy atom. The Balaban J connectivity index is 1.73. The number of benzene rings is 2. The number of ether oxygens (including phenoxy) is 2. The fraction of sp³-hybridized carbons (Fsp3) is 0.286. The molecule has 0 aliphatic carbocycles. The minimum absolute atomic E-state index is 0.0173. The van der Waals surface area contributed by atoms with Gasteiger partial charge in [0.1, 0.15) is 13.2 Å². The number of carbonyl (C=O) groups excluding carboxylic acids is 2. The van der Waals surface area contributed by atoms with Crippen molar-refractivity contribution in [3.05, 3.63) is 71.8 Å². The molecule has 6 nitrogen and oxygen atoms in total. The molecule has 1 unspecified atom stereocenters. The molecular weight excluding hydrogens is 348 g/mol. The van der Waals surface area contributed by atoms with Crippen LogP contribution < -0.4 is 0 Å². The van der Waals surface area contributed by atoms with E-state index in [1.165, 1.54) is 0 Å². The SMILES string of the molecule is O=C(CCC(CC(=O)OCc1ccccc1)C(=O)O)OCc1ccccc1. The Morgan fingerprint density at radius 3 is 1.74 bits per heavy atom. The predicted molar refractivity (Wildman–Crippen MR) is 97.5 cm³/mol. The number of carbonyl (C=O) groups is 3. The standard InChI is InChI=1S/C21H22O6/c22-19(26-14-16-7-3-1-4-8-16)12-11-18(21(24)25)13-20(23)27-15-17-9-5-2-6-10-17/h1-10,18H,11-15H2,(H,24,25). The molecule has 2 rings (SSSR count). The van der Waals surface area contributed by atoms with Gasteiger partial charge in [0.05, 0.1) is 12.3 Å². The summed E-state index contributed by atoms with van der Waals surface area (Å²) in [5, 5.41) is 9.27. The molecule has 0 radical (unpaired) electrons. The van der Waals surface area contributed by atoms with E-state index in [0.29, 0.717) is 0 Å². The number of rotatable bonds is 10. The summed E-state index contributed by atoms with van der Waals surface area (Å²) in [4.78, 5) is 35.0. The van der Waals surface area contributed by atoms with Crippen LogP contribution in [0.5, 0.6) is 0 Å². The lowest BCUT2D eigenvalue weighted by Gasteiger charge is -2.12. The monoisotopic (exact) mass is 370 g/mol. The van der Waals surface area contributed by atoms with E-state index in [1.54, 1.807) is 0 Å². The lowest BCUT2D eigenvalue weighted by atomic mass is 10.00. The summed E-state index contributed by atoms with van der Waals surface area (Å²) in [5.41, 5.74) is 1.67. The van der Waals surface area contributed by atoms with Crippen LogP contribution in [0, 0.1) is 5.92 Å². The molecule has 2 aromatic carbocycles. The first kappa shape index (κ1) is 20.2. The molecule has 0 amide bonds. The molecular formula is C21H22O6. The van der Waals surface area contributed by atoms with E-state index in [2.05, 4.69) is 0 Å². The molecule has 0 heterocycles. The first-order valence-electron chi connectivity index (χ1n) is 8.66. The van der Waals surface area contributed by atoms with Crippen LogP contribution in [0.15, 0.2) is 60.7 Å². The summed E-state index contributed by atoms with van der Waals surface area (Å²) >= 11 is 0. The Hall–Kier alpha value is -3.15. The van der Waals surface area contributed by atoms with Gasteiger partial charge in [0.2, 0.25) is 0 Å². The van der Waals surface area contributed by atoms with Gasteiger partial charge in [-0.3, -0.25) is 14.4 Å². The molecule has 142 valence electrons. The molecule has 6 heteroatoms. The summed E-state index contributed by atoms with van der Waals surface area (Å²) < 4.78 is 10.2. The predicted octanol–water partition coefficient (Wildman–Crippen LogP) is 3.34. The Bertz CT molecular complexity index is 742. The molecule has 0 spiro atoms. The zero-order valence-corrected chi connectivity index (χ0v) is 14.9. The van der Waals surface area contributed by atoms with Crippen LogP contribution in [0.3, 0.4) is 0 Å². The summed E-state index contributed by atoms with van der Waals surface area (Å²) in [7, 11) is 0. The topological polar surface area (TPSA) is 89.9 Å². The van der Waals surface area contributed by atoms with Crippen LogP contribution >= 0.6 is 0 Å². The fourth-order valence-corrected chi connectivity index (χ4v) is 2.41. The third-order valence-electron chi connectivity index (χ3n) is 3.94. The van der Waals surface area contributed by atoms with E-state index in [9.17, 15) is 19.5 Å². The van der Waals surface area contributed by atoms with Crippen molar-refractivity contribution in [3.63, 3.8) is 0 Å². The number of carboxylic acids is 1. The summed E-state index contributed by atoms with van der Waals surface area (Å²) in [6.45, 7) is 0.224. The van der Waals surface area contributed by atoms with Gasteiger partial charge in [0.15, 0.2) is 0 Å². The quantitative estimate of drug-likeness (QED) is 0.645. The lowest BCUT2D eigenvalue weighted by Crippen LogP contribution is -2.21. The van der Waals surface area contributed by atoms with E-state index < -0.39 is 23.8 Å². The van der Waals surface area contributed by atoms with Gasteiger partial charge in [0.25, 0.3) is 0 Å². The van der Waals surface area contributed by atoms with Crippen molar-refractivity contribution < 1.29 is 29.0 Å². The van der Waals surface area contributed by atoms with Gasteiger partial charge >= 0.3 is 17.9 Å². The lowest BCUT2D eigenvalue weighted by molar-refractivity contribution is -0.153. The van der Waals surface area contributed by atoms with Gasteiger partial charge < -0.3 is 14.6 Å². The van der Waals surface area contributed by atoms with Crippen LogP contribution in [0.4, 0.5) is 0 Å². The average molecular weight is 370 g/mol.